The summed E-state index contributed by atoms with van der Waals surface area (Å²) in [5.41, 5.74) is 0. The zero-order chi connectivity index (χ0) is 9.03. The van der Waals surface area contributed by atoms with Crippen molar-refractivity contribution in [2.75, 3.05) is 25.6 Å². The third kappa shape index (κ3) is 2.26. The van der Waals surface area contributed by atoms with Crippen molar-refractivity contribution in [3.8, 4) is 0 Å². The van der Waals surface area contributed by atoms with Crippen LogP contribution in [0.2, 0.25) is 0 Å². The van der Waals surface area contributed by atoms with Crippen LogP contribution in [0.1, 0.15) is 0 Å². The summed E-state index contributed by atoms with van der Waals surface area (Å²) < 4.78 is 5.20. The van der Waals surface area contributed by atoms with Gasteiger partial charge in [-0.3, -0.25) is 0 Å². The summed E-state index contributed by atoms with van der Waals surface area (Å²) >= 11 is 0. The highest BCUT2D eigenvalue weighted by atomic mass is 32.3. The van der Waals surface area contributed by atoms with Crippen LogP contribution >= 0.6 is 10.0 Å². The predicted octanol–water partition coefficient (Wildman–Crippen LogP) is 2.71. The molecule has 0 fully saturated rings. The Balaban J connectivity index is 2.82. The fourth-order valence-electron chi connectivity index (χ4n) is 1.15. The largest absolute Gasteiger partial charge is 0.375 e. The van der Waals surface area contributed by atoms with E-state index in [0.717, 1.165) is 5.94 Å². The summed E-state index contributed by atoms with van der Waals surface area (Å²) in [6, 6.07) is 10.6. The summed E-state index contributed by atoms with van der Waals surface area (Å²) in [4.78, 5) is 1.41. The van der Waals surface area contributed by atoms with Crippen molar-refractivity contribution >= 4 is 10.0 Å². The molecule has 0 bridgehead atoms. The molecule has 0 aliphatic heterocycles. The number of methoxy groups -OCH3 is 1. The number of hydrogen-bond acceptors (Lipinski definition) is 1. The Kier molecular flexibility index (Phi) is 3.18. The average Bonchev–Trinajstić information content (AvgIpc) is 2.06. The molecule has 0 aromatic heterocycles. The fraction of sp³-hybridized carbons (Fsp3) is 0.400. The minimum Gasteiger partial charge on any atom is -0.375 e. The molecule has 0 amide bonds. The molecule has 0 saturated heterocycles. The monoisotopic (exact) mass is 184 g/mol. The third-order valence-electron chi connectivity index (χ3n) is 1.79. The summed E-state index contributed by atoms with van der Waals surface area (Å²) in [5, 5.41) is 0. The van der Waals surface area contributed by atoms with E-state index in [-0.39, 0.29) is 0 Å². The molecular formula is C10H16OS. The third-order valence-corrected chi connectivity index (χ3v) is 4.17. The van der Waals surface area contributed by atoms with Gasteiger partial charge in [0.1, 0.15) is 0 Å². The Morgan fingerprint density at radius 3 is 2.25 bits per heavy atom. The molecule has 0 saturated carbocycles. The summed E-state index contributed by atoms with van der Waals surface area (Å²) in [6.07, 6.45) is 4.54. The van der Waals surface area contributed by atoms with Crippen LogP contribution in [0.3, 0.4) is 0 Å². The van der Waals surface area contributed by atoms with E-state index in [1.807, 2.05) is 6.07 Å². The highest BCUT2D eigenvalue weighted by molar-refractivity contribution is 8.32. The molecule has 0 spiro atoms. The van der Waals surface area contributed by atoms with Crippen molar-refractivity contribution in [3.05, 3.63) is 30.3 Å². The van der Waals surface area contributed by atoms with E-state index >= 15 is 0 Å². The molecule has 0 unspecified atom stereocenters. The Morgan fingerprint density at radius 2 is 1.75 bits per heavy atom. The highest BCUT2D eigenvalue weighted by Crippen LogP contribution is 2.48. The lowest BCUT2D eigenvalue weighted by atomic mass is 10.4. The van der Waals surface area contributed by atoms with E-state index in [9.17, 15) is 0 Å². The van der Waals surface area contributed by atoms with Crippen LogP contribution in [0.25, 0.3) is 0 Å². The molecule has 2 heteroatoms. The Labute approximate surface area is 76.1 Å². The van der Waals surface area contributed by atoms with Gasteiger partial charge in [0.15, 0.2) is 0 Å². The van der Waals surface area contributed by atoms with E-state index in [1.165, 1.54) is 4.90 Å². The predicted molar refractivity (Wildman–Crippen MR) is 56.0 cm³/mol. The quantitative estimate of drug-likeness (QED) is 0.702. The minimum absolute atomic E-state index is 0.733. The SMILES string of the molecule is COCS(C)(C)c1ccccc1. The molecule has 1 rings (SSSR count). The van der Waals surface area contributed by atoms with E-state index < -0.39 is 10.0 Å². The molecule has 1 aromatic carbocycles. The molecule has 0 aliphatic rings. The van der Waals surface area contributed by atoms with Gasteiger partial charge in [0, 0.05) is 7.11 Å². The Morgan fingerprint density at radius 1 is 1.17 bits per heavy atom. The zero-order valence-corrected chi connectivity index (χ0v) is 8.73. The first-order valence-electron chi connectivity index (χ1n) is 3.92. The number of hydrogen-bond donors (Lipinski definition) is 0. The molecular weight excluding hydrogens is 168 g/mol. The van der Waals surface area contributed by atoms with Gasteiger partial charge in [0.2, 0.25) is 0 Å². The van der Waals surface area contributed by atoms with Crippen LogP contribution in [-0.2, 0) is 4.74 Å². The van der Waals surface area contributed by atoms with Crippen molar-refractivity contribution < 1.29 is 4.74 Å². The molecule has 0 N–H and O–H groups in total. The van der Waals surface area contributed by atoms with E-state index in [2.05, 4.69) is 36.8 Å². The van der Waals surface area contributed by atoms with Crippen molar-refractivity contribution in [2.45, 2.75) is 4.90 Å². The standard InChI is InChI=1S/C10H16OS/c1-11-9-12(2,3)10-7-5-4-6-8-10/h4-8H,9H2,1-3H3. The van der Waals surface area contributed by atoms with E-state index in [4.69, 9.17) is 4.74 Å². The Bertz CT molecular complexity index is 231. The van der Waals surface area contributed by atoms with Crippen LogP contribution in [0.15, 0.2) is 35.2 Å². The summed E-state index contributed by atoms with van der Waals surface area (Å²) in [6.45, 7) is 0. The molecule has 1 aromatic rings. The molecule has 1 nitrogen and oxygen atoms in total. The summed E-state index contributed by atoms with van der Waals surface area (Å²) in [5.74, 6) is 0.844. The van der Waals surface area contributed by atoms with Crippen LogP contribution in [-0.4, -0.2) is 25.6 Å². The van der Waals surface area contributed by atoms with E-state index in [0.29, 0.717) is 0 Å². The molecule has 0 aliphatic carbocycles. The number of rotatable bonds is 3. The van der Waals surface area contributed by atoms with Gasteiger partial charge in [-0.25, -0.2) is 0 Å². The second-order valence-electron chi connectivity index (χ2n) is 3.26. The van der Waals surface area contributed by atoms with Gasteiger partial charge >= 0.3 is 0 Å². The molecule has 68 valence electrons. The van der Waals surface area contributed by atoms with Gasteiger partial charge in [-0.1, -0.05) is 30.3 Å². The highest BCUT2D eigenvalue weighted by Gasteiger charge is 2.12. The normalized spacial score (nSPS) is 12.9. The Hall–Kier alpha value is -0.470. The average molecular weight is 184 g/mol. The van der Waals surface area contributed by atoms with Crippen LogP contribution in [0, 0.1) is 0 Å². The van der Waals surface area contributed by atoms with Gasteiger partial charge in [-0.05, 0) is 17.4 Å². The molecule has 12 heavy (non-hydrogen) atoms. The first-order chi connectivity index (χ1) is 5.67. The first kappa shape index (κ1) is 9.62. The second-order valence-corrected chi connectivity index (χ2v) is 7.04. The van der Waals surface area contributed by atoms with Gasteiger partial charge in [0.05, 0.1) is 5.94 Å². The van der Waals surface area contributed by atoms with Crippen LogP contribution in [0.4, 0.5) is 0 Å². The lowest BCUT2D eigenvalue weighted by Crippen LogP contribution is -2.03. The van der Waals surface area contributed by atoms with Crippen LogP contribution in [0.5, 0.6) is 0 Å². The van der Waals surface area contributed by atoms with Gasteiger partial charge in [-0.2, -0.15) is 10.0 Å². The van der Waals surface area contributed by atoms with Gasteiger partial charge in [-0.15, -0.1) is 0 Å². The van der Waals surface area contributed by atoms with Crippen molar-refractivity contribution in [1.29, 1.82) is 0 Å². The number of ether oxygens (including phenoxy) is 1. The second kappa shape index (κ2) is 3.97. The van der Waals surface area contributed by atoms with Crippen molar-refractivity contribution in [1.82, 2.24) is 0 Å². The fourth-order valence-corrected chi connectivity index (χ4v) is 2.77. The van der Waals surface area contributed by atoms with Gasteiger partial charge in [0.25, 0.3) is 0 Å². The maximum atomic E-state index is 5.20. The molecule has 0 radical (unpaired) electrons. The maximum Gasteiger partial charge on any atom is 0.0799 e. The van der Waals surface area contributed by atoms with Gasteiger partial charge < -0.3 is 4.74 Å². The van der Waals surface area contributed by atoms with E-state index in [1.54, 1.807) is 7.11 Å². The smallest absolute Gasteiger partial charge is 0.0799 e. The van der Waals surface area contributed by atoms with Crippen molar-refractivity contribution in [2.24, 2.45) is 0 Å². The lowest BCUT2D eigenvalue weighted by molar-refractivity contribution is 0.256. The molecule has 0 atom stereocenters. The first-order valence-corrected chi connectivity index (χ1v) is 6.54. The maximum absolute atomic E-state index is 5.20. The number of benzene rings is 1. The summed E-state index contributed by atoms with van der Waals surface area (Å²) in [7, 11) is 1.03. The van der Waals surface area contributed by atoms with Crippen LogP contribution < -0.4 is 0 Å². The lowest BCUT2D eigenvalue weighted by Gasteiger charge is -2.30. The topological polar surface area (TPSA) is 9.23 Å². The minimum atomic E-state index is -0.733. The molecule has 0 heterocycles. The zero-order valence-electron chi connectivity index (χ0n) is 7.91. The van der Waals surface area contributed by atoms with Crippen molar-refractivity contribution in [3.63, 3.8) is 0 Å².